The number of nitrogens with zero attached hydrogens (tertiary/aromatic N) is 3. The highest BCUT2D eigenvalue weighted by molar-refractivity contribution is 5.54. The van der Waals surface area contributed by atoms with Crippen LogP contribution in [-0.4, -0.2) is 38.1 Å². The summed E-state index contributed by atoms with van der Waals surface area (Å²) in [6.07, 6.45) is 1.14. The lowest BCUT2D eigenvalue weighted by Gasteiger charge is -2.49. The number of anilines is 1. The molecular weight excluding hydrogens is 248 g/mol. The van der Waals surface area contributed by atoms with Gasteiger partial charge in [0.1, 0.15) is 23.3 Å². The monoisotopic (exact) mass is 263 g/mol. The number of hydrogen-bond donors (Lipinski definition) is 0. The van der Waals surface area contributed by atoms with Crippen molar-refractivity contribution in [3.05, 3.63) is 29.3 Å². The maximum Gasteiger partial charge on any atom is 0.146 e. The van der Waals surface area contributed by atoms with E-state index in [2.05, 4.69) is 11.9 Å². The zero-order valence-electron chi connectivity index (χ0n) is 10.8. The van der Waals surface area contributed by atoms with Gasteiger partial charge in [0.25, 0.3) is 0 Å². The number of nitriles is 1. The van der Waals surface area contributed by atoms with Crippen LogP contribution in [0.4, 0.5) is 14.5 Å². The standard InChI is InChI=1S/C14H15F2N3/c1-18-3-2-14(7-18)8-19(9-14)10-4-12(15)11(6-17)13(16)5-10/h4-5H,2-3,7-9H2,1H3. The first-order valence-corrected chi connectivity index (χ1v) is 6.36. The smallest absolute Gasteiger partial charge is 0.146 e. The SMILES string of the molecule is CN1CCC2(C1)CN(c1cc(F)c(C#N)c(F)c1)C2. The molecule has 1 aromatic rings. The third-order valence-electron chi connectivity index (χ3n) is 4.19. The minimum atomic E-state index is -0.776. The zero-order chi connectivity index (χ0) is 13.6. The predicted molar refractivity (Wildman–Crippen MR) is 67.8 cm³/mol. The van der Waals surface area contributed by atoms with Crippen LogP contribution < -0.4 is 4.90 Å². The minimum Gasteiger partial charge on any atom is -0.370 e. The van der Waals surface area contributed by atoms with E-state index in [4.69, 9.17) is 5.26 Å². The topological polar surface area (TPSA) is 30.3 Å². The first-order valence-electron chi connectivity index (χ1n) is 6.36. The van der Waals surface area contributed by atoms with Crippen LogP contribution in [0.3, 0.4) is 0 Å². The molecule has 19 heavy (non-hydrogen) atoms. The van der Waals surface area contributed by atoms with Gasteiger partial charge in [-0.25, -0.2) is 8.78 Å². The number of likely N-dealkylation sites (tertiary alicyclic amines) is 1. The van der Waals surface area contributed by atoms with Crippen molar-refractivity contribution < 1.29 is 8.78 Å². The van der Waals surface area contributed by atoms with Crippen LogP contribution in [0.25, 0.3) is 0 Å². The van der Waals surface area contributed by atoms with Gasteiger partial charge in [0.05, 0.1) is 0 Å². The second-order valence-corrected chi connectivity index (χ2v) is 5.74. The molecule has 2 aliphatic heterocycles. The Balaban J connectivity index is 1.78. The minimum absolute atomic E-state index is 0.287. The largest absolute Gasteiger partial charge is 0.370 e. The van der Waals surface area contributed by atoms with Crippen LogP contribution in [0, 0.1) is 28.4 Å². The fraction of sp³-hybridized carbons (Fsp3) is 0.500. The molecule has 5 heteroatoms. The molecule has 2 heterocycles. The van der Waals surface area contributed by atoms with E-state index in [9.17, 15) is 8.78 Å². The van der Waals surface area contributed by atoms with Crippen molar-refractivity contribution in [2.45, 2.75) is 6.42 Å². The predicted octanol–water partition coefficient (Wildman–Crippen LogP) is 1.98. The zero-order valence-corrected chi connectivity index (χ0v) is 10.8. The molecule has 0 aliphatic carbocycles. The third-order valence-corrected chi connectivity index (χ3v) is 4.19. The first-order chi connectivity index (χ1) is 9.03. The van der Waals surface area contributed by atoms with E-state index in [0.29, 0.717) is 5.69 Å². The van der Waals surface area contributed by atoms with Crippen molar-refractivity contribution in [2.75, 3.05) is 38.1 Å². The summed E-state index contributed by atoms with van der Waals surface area (Å²) in [6.45, 7) is 3.80. The molecule has 0 aromatic heterocycles. The van der Waals surface area contributed by atoms with Gasteiger partial charge in [-0.3, -0.25) is 0 Å². The molecule has 1 aromatic carbocycles. The van der Waals surface area contributed by atoms with Gasteiger partial charge < -0.3 is 9.80 Å². The van der Waals surface area contributed by atoms with Gasteiger partial charge in [0.2, 0.25) is 0 Å². The molecule has 3 rings (SSSR count). The molecule has 2 saturated heterocycles. The van der Waals surface area contributed by atoms with Crippen LogP contribution in [0.2, 0.25) is 0 Å². The highest BCUT2D eigenvalue weighted by atomic mass is 19.1. The van der Waals surface area contributed by atoms with Crippen molar-refractivity contribution in [2.24, 2.45) is 5.41 Å². The lowest BCUT2D eigenvalue weighted by atomic mass is 9.78. The summed E-state index contributed by atoms with van der Waals surface area (Å²) in [5, 5.41) is 8.65. The van der Waals surface area contributed by atoms with Crippen molar-refractivity contribution in [3.8, 4) is 6.07 Å². The maximum atomic E-state index is 13.6. The second kappa shape index (κ2) is 4.17. The van der Waals surface area contributed by atoms with E-state index in [1.54, 1.807) is 6.07 Å². The average molecular weight is 263 g/mol. The Bertz CT molecular complexity index is 535. The van der Waals surface area contributed by atoms with Gasteiger partial charge in [0.15, 0.2) is 0 Å². The van der Waals surface area contributed by atoms with Gasteiger partial charge in [-0.05, 0) is 32.1 Å². The molecule has 0 bridgehead atoms. The van der Waals surface area contributed by atoms with Crippen LogP contribution in [-0.2, 0) is 0 Å². The Morgan fingerprint density at radius 2 is 1.84 bits per heavy atom. The van der Waals surface area contributed by atoms with Crippen molar-refractivity contribution in [1.82, 2.24) is 4.90 Å². The Labute approximate surface area is 111 Å². The third kappa shape index (κ3) is 1.96. The number of benzene rings is 1. The molecule has 100 valence electrons. The lowest BCUT2D eigenvalue weighted by molar-refractivity contribution is 0.217. The first kappa shape index (κ1) is 12.4. The molecule has 3 nitrogen and oxygen atoms in total. The van der Waals surface area contributed by atoms with E-state index >= 15 is 0 Å². The summed E-state index contributed by atoms with van der Waals surface area (Å²) in [7, 11) is 2.10. The fourth-order valence-corrected chi connectivity index (χ4v) is 3.21. The van der Waals surface area contributed by atoms with Crippen LogP contribution >= 0.6 is 0 Å². The summed E-state index contributed by atoms with van der Waals surface area (Å²) >= 11 is 0. The second-order valence-electron chi connectivity index (χ2n) is 5.74. The van der Waals surface area contributed by atoms with Gasteiger partial charge in [-0.2, -0.15) is 5.26 Å². The number of rotatable bonds is 1. The van der Waals surface area contributed by atoms with Crippen molar-refractivity contribution >= 4 is 5.69 Å². The van der Waals surface area contributed by atoms with Crippen molar-refractivity contribution in [1.29, 1.82) is 5.26 Å². The summed E-state index contributed by atoms with van der Waals surface area (Å²) < 4.78 is 27.1. The number of halogens is 2. The molecule has 0 N–H and O–H groups in total. The van der Waals surface area contributed by atoms with Gasteiger partial charge in [-0.1, -0.05) is 0 Å². The molecule has 0 unspecified atom stereocenters. The summed E-state index contributed by atoms with van der Waals surface area (Å²) in [5.74, 6) is -1.55. The quantitative estimate of drug-likeness (QED) is 0.776. The Kier molecular flexibility index (Phi) is 2.72. The molecule has 0 amide bonds. The molecule has 0 atom stereocenters. The van der Waals surface area contributed by atoms with Crippen molar-refractivity contribution in [3.63, 3.8) is 0 Å². The molecule has 2 fully saturated rings. The van der Waals surface area contributed by atoms with Gasteiger partial charge >= 0.3 is 0 Å². The van der Waals surface area contributed by atoms with E-state index in [-0.39, 0.29) is 5.41 Å². The summed E-state index contributed by atoms with van der Waals surface area (Å²) in [4.78, 5) is 4.27. The summed E-state index contributed by atoms with van der Waals surface area (Å²) in [5.41, 5.74) is 0.323. The Hall–Kier alpha value is -1.67. The molecule has 0 saturated carbocycles. The van der Waals surface area contributed by atoms with Crippen LogP contribution in [0.1, 0.15) is 12.0 Å². The maximum absolute atomic E-state index is 13.6. The summed E-state index contributed by atoms with van der Waals surface area (Å²) in [6, 6.07) is 4.06. The normalized spacial score (nSPS) is 21.5. The van der Waals surface area contributed by atoms with E-state index in [0.717, 1.165) is 32.6 Å². The van der Waals surface area contributed by atoms with Crippen LogP contribution in [0.5, 0.6) is 0 Å². The molecule has 2 aliphatic rings. The average Bonchev–Trinajstić information content (AvgIpc) is 2.69. The van der Waals surface area contributed by atoms with Crippen LogP contribution in [0.15, 0.2) is 12.1 Å². The Morgan fingerprint density at radius 1 is 1.21 bits per heavy atom. The number of hydrogen-bond acceptors (Lipinski definition) is 3. The fourth-order valence-electron chi connectivity index (χ4n) is 3.21. The van der Waals surface area contributed by atoms with Gasteiger partial charge in [0, 0.05) is 30.7 Å². The lowest BCUT2D eigenvalue weighted by Crippen LogP contribution is -2.57. The molecule has 0 radical (unpaired) electrons. The molecule has 1 spiro atoms. The Morgan fingerprint density at radius 3 is 2.32 bits per heavy atom. The highest BCUT2D eigenvalue weighted by Crippen LogP contribution is 2.41. The highest BCUT2D eigenvalue weighted by Gasteiger charge is 2.46. The van der Waals surface area contributed by atoms with E-state index < -0.39 is 17.2 Å². The molecular formula is C14H15F2N3. The van der Waals surface area contributed by atoms with Gasteiger partial charge in [-0.15, -0.1) is 0 Å². The van der Waals surface area contributed by atoms with E-state index in [1.807, 2.05) is 4.90 Å². The van der Waals surface area contributed by atoms with E-state index in [1.165, 1.54) is 12.1 Å².